The van der Waals surface area contributed by atoms with Crippen LogP contribution >= 0.6 is 11.8 Å². The molecule has 0 saturated carbocycles. The van der Waals surface area contributed by atoms with Gasteiger partial charge in [0.2, 0.25) is 5.16 Å². The normalized spacial score (nSPS) is 10.9. The third kappa shape index (κ3) is 4.18. The zero-order valence-electron chi connectivity index (χ0n) is 17.3. The van der Waals surface area contributed by atoms with E-state index < -0.39 is 0 Å². The van der Waals surface area contributed by atoms with Gasteiger partial charge in [-0.2, -0.15) is 5.10 Å². The summed E-state index contributed by atoms with van der Waals surface area (Å²) in [7, 11) is 3.25. The third-order valence-corrected chi connectivity index (χ3v) is 5.61. The van der Waals surface area contributed by atoms with Gasteiger partial charge in [-0.3, -0.25) is 5.10 Å². The number of aromatic nitrogens is 5. The van der Waals surface area contributed by atoms with Crippen LogP contribution in [0.25, 0.3) is 17.1 Å². The molecule has 0 bridgehead atoms. The molecular formula is C22H23N5O2S. The van der Waals surface area contributed by atoms with E-state index >= 15 is 0 Å². The largest absolute Gasteiger partial charge is 0.497 e. The number of aromatic amines is 1. The van der Waals surface area contributed by atoms with Crippen molar-refractivity contribution in [1.29, 1.82) is 0 Å². The zero-order valence-corrected chi connectivity index (χ0v) is 18.2. The SMILES string of the molecule is COc1ccc(-c2nc(SCc3ccc(-n4nc(C)cc4C)cc3)n[nH]2)c(OC)c1. The Morgan fingerprint density at radius 1 is 1.00 bits per heavy atom. The Kier molecular flexibility index (Phi) is 5.76. The fourth-order valence-corrected chi connectivity index (χ4v) is 3.95. The van der Waals surface area contributed by atoms with E-state index in [-0.39, 0.29) is 0 Å². The quantitative estimate of drug-likeness (QED) is 0.440. The van der Waals surface area contributed by atoms with Crippen molar-refractivity contribution in [2.75, 3.05) is 14.2 Å². The van der Waals surface area contributed by atoms with Gasteiger partial charge in [0, 0.05) is 17.5 Å². The maximum Gasteiger partial charge on any atom is 0.209 e. The fraction of sp³-hybridized carbons (Fsp3) is 0.227. The number of nitrogens with one attached hydrogen (secondary N) is 1. The van der Waals surface area contributed by atoms with E-state index in [1.54, 1.807) is 26.0 Å². The molecule has 0 unspecified atom stereocenters. The zero-order chi connectivity index (χ0) is 21.1. The van der Waals surface area contributed by atoms with Gasteiger partial charge in [-0.15, -0.1) is 5.10 Å². The van der Waals surface area contributed by atoms with Crippen LogP contribution in [0.15, 0.2) is 53.7 Å². The predicted octanol–water partition coefficient (Wildman–Crippen LogP) is 4.58. The highest BCUT2D eigenvalue weighted by Gasteiger charge is 2.13. The van der Waals surface area contributed by atoms with Crippen LogP contribution in [0, 0.1) is 13.8 Å². The number of methoxy groups -OCH3 is 2. The van der Waals surface area contributed by atoms with E-state index in [0.717, 1.165) is 34.1 Å². The first-order valence-electron chi connectivity index (χ1n) is 9.47. The van der Waals surface area contributed by atoms with Gasteiger partial charge in [-0.05, 0) is 49.7 Å². The summed E-state index contributed by atoms with van der Waals surface area (Å²) < 4.78 is 12.7. The molecule has 0 spiro atoms. The highest BCUT2D eigenvalue weighted by molar-refractivity contribution is 7.98. The van der Waals surface area contributed by atoms with Gasteiger partial charge in [-0.1, -0.05) is 23.9 Å². The maximum atomic E-state index is 5.46. The Hall–Kier alpha value is -3.26. The first-order chi connectivity index (χ1) is 14.6. The first-order valence-corrected chi connectivity index (χ1v) is 10.5. The van der Waals surface area contributed by atoms with Crippen LogP contribution in [0.5, 0.6) is 11.5 Å². The fourth-order valence-electron chi connectivity index (χ4n) is 3.20. The molecule has 8 heteroatoms. The lowest BCUT2D eigenvalue weighted by Crippen LogP contribution is -1.98. The van der Waals surface area contributed by atoms with E-state index in [1.807, 2.05) is 29.8 Å². The van der Waals surface area contributed by atoms with Crippen molar-refractivity contribution in [3.05, 3.63) is 65.5 Å². The monoisotopic (exact) mass is 421 g/mol. The molecule has 2 aromatic carbocycles. The summed E-state index contributed by atoms with van der Waals surface area (Å²) in [5.41, 5.74) is 5.23. The summed E-state index contributed by atoms with van der Waals surface area (Å²) in [5.74, 6) is 2.85. The lowest BCUT2D eigenvalue weighted by Gasteiger charge is -2.07. The molecule has 0 saturated heterocycles. The van der Waals surface area contributed by atoms with Crippen LogP contribution < -0.4 is 9.47 Å². The van der Waals surface area contributed by atoms with E-state index in [4.69, 9.17) is 9.47 Å². The molecule has 4 rings (SSSR count). The van der Waals surface area contributed by atoms with E-state index in [1.165, 1.54) is 5.56 Å². The summed E-state index contributed by atoms with van der Waals surface area (Å²) >= 11 is 1.58. The molecule has 7 nitrogen and oxygen atoms in total. The van der Waals surface area contributed by atoms with Crippen LogP contribution in [0.2, 0.25) is 0 Å². The predicted molar refractivity (Wildman–Crippen MR) is 118 cm³/mol. The molecule has 2 aromatic heterocycles. The number of nitrogens with zero attached hydrogens (tertiary/aromatic N) is 4. The lowest BCUT2D eigenvalue weighted by atomic mass is 10.2. The highest BCUT2D eigenvalue weighted by Crippen LogP contribution is 2.32. The molecule has 2 heterocycles. The number of aryl methyl sites for hydroxylation is 2. The van der Waals surface area contributed by atoms with Gasteiger partial charge in [-0.25, -0.2) is 9.67 Å². The summed E-state index contributed by atoms with van der Waals surface area (Å²) in [6.07, 6.45) is 0. The average Bonchev–Trinajstić information content (AvgIpc) is 3.38. The molecule has 0 atom stereocenters. The maximum absolute atomic E-state index is 5.46. The van der Waals surface area contributed by atoms with Gasteiger partial charge in [0.05, 0.1) is 31.2 Å². The molecule has 154 valence electrons. The van der Waals surface area contributed by atoms with Crippen molar-refractivity contribution in [3.63, 3.8) is 0 Å². The number of hydrogen-bond donors (Lipinski definition) is 1. The van der Waals surface area contributed by atoms with E-state index in [0.29, 0.717) is 16.7 Å². The molecule has 4 aromatic rings. The number of benzene rings is 2. The van der Waals surface area contributed by atoms with Crippen molar-refractivity contribution in [1.82, 2.24) is 25.0 Å². The van der Waals surface area contributed by atoms with Crippen molar-refractivity contribution >= 4 is 11.8 Å². The number of H-pyrrole nitrogens is 1. The number of thioether (sulfide) groups is 1. The first kappa shape index (κ1) is 20.0. The molecule has 1 N–H and O–H groups in total. The molecule has 0 fully saturated rings. The smallest absolute Gasteiger partial charge is 0.209 e. The van der Waals surface area contributed by atoms with Gasteiger partial charge < -0.3 is 9.47 Å². The Labute approximate surface area is 179 Å². The molecule has 0 aliphatic heterocycles. The van der Waals surface area contributed by atoms with E-state index in [9.17, 15) is 0 Å². The second-order valence-electron chi connectivity index (χ2n) is 6.83. The minimum Gasteiger partial charge on any atom is -0.497 e. The van der Waals surface area contributed by atoms with Gasteiger partial charge in [0.1, 0.15) is 11.5 Å². The van der Waals surface area contributed by atoms with Crippen LogP contribution in [-0.2, 0) is 5.75 Å². The van der Waals surface area contributed by atoms with Crippen molar-refractivity contribution in [2.24, 2.45) is 0 Å². The molecular weight excluding hydrogens is 398 g/mol. The Balaban J connectivity index is 1.44. The van der Waals surface area contributed by atoms with Gasteiger partial charge >= 0.3 is 0 Å². The minimum atomic E-state index is 0.664. The molecule has 0 aliphatic rings. The number of hydrogen-bond acceptors (Lipinski definition) is 6. The minimum absolute atomic E-state index is 0.664. The molecule has 0 radical (unpaired) electrons. The Morgan fingerprint density at radius 2 is 1.80 bits per heavy atom. The van der Waals surface area contributed by atoms with Crippen LogP contribution in [0.3, 0.4) is 0 Å². The number of ether oxygens (including phenoxy) is 2. The molecule has 30 heavy (non-hydrogen) atoms. The summed E-state index contributed by atoms with van der Waals surface area (Å²) in [5, 5.41) is 12.5. The van der Waals surface area contributed by atoms with Crippen molar-refractivity contribution < 1.29 is 9.47 Å². The second-order valence-corrected chi connectivity index (χ2v) is 7.77. The third-order valence-electron chi connectivity index (χ3n) is 4.69. The van der Waals surface area contributed by atoms with Crippen LogP contribution in [0.4, 0.5) is 0 Å². The lowest BCUT2D eigenvalue weighted by molar-refractivity contribution is 0.395. The second kappa shape index (κ2) is 8.62. The Morgan fingerprint density at radius 3 is 2.47 bits per heavy atom. The Bertz CT molecular complexity index is 1150. The average molecular weight is 422 g/mol. The van der Waals surface area contributed by atoms with Crippen molar-refractivity contribution in [3.8, 4) is 28.6 Å². The van der Waals surface area contributed by atoms with Gasteiger partial charge in [0.25, 0.3) is 0 Å². The van der Waals surface area contributed by atoms with E-state index in [2.05, 4.69) is 57.5 Å². The van der Waals surface area contributed by atoms with Crippen LogP contribution in [-0.4, -0.2) is 39.2 Å². The van der Waals surface area contributed by atoms with Gasteiger partial charge in [0.15, 0.2) is 5.82 Å². The van der Waals surface area contributed by atoms with Crippen LogP contribution in [0.1, 0.15) is 17.0 Å². The highest BCUT2D eigenvalue weighted by atomic mass is 32.2. The summed E-state index contributed by atoms with van der Waals surface area (Å²) in [4.78, 5) is 4.60. The standard InChI is InChI=1S/C22H23N5O2S/c1-14-11-15(2)27(26-14)17-7-5-16(6-8-17)13-30-22-23-21(24-25-22)19-10-9-18(28-3)12-20(19)29-4/h5-12H,13H2,1-4H3,(H,23,24,25). The summed E-state index contributed by atoms with van der Waals surface area (Å²) in [6, 6.07) is 16.1. The van der Waals surface area contributed by atoms with Crippen molar-refractivity contribution in [2.45, 2.75) is 24.8 Å². The topological polar surface area (TPSA) is 77.9 Å². The molecule has 0 amide bonds. The number of rotatable bonds is 7. The molecule has 0 aliphatic carbocycles. The summed E-state index contributed by atoms with van der Waals surface area (Å²) in [6.45, 7) is 4.06.